The maximum absolute atomic E-state index is 13.1. The Morgan fingerprint density at radius 1 is 0.780 bits per heavy atom. The lowest BCUT2D eigenvalue weighted by atomic mass is 10.1. The van der Waals surface area contributed by atoms with Crippen LogP contribution in [0.25, 0.3) is 11.0 Å². The number of nitrogens with two attached hydrogens (primary N) is 1. The first-order valence-corrected chi connectivity index (χ1v) is 21.8. The second kappa shape index (κ2) is 25.4. The number of anilines is 1. The monoisotopic (exact) mass is 823 g/mol. The first-order chi connectivity index (χ1) is 28.9. The zero-order valence-electron chi connectivity index (χ0n) is 34.6. The zero-order valence-corrected chi connectivity index (χ0v) is 34.6. The van der Waals surface area contributed by atoms with E-state index in [2.05, 4.69) is 52.4 Å². The molecule has 3 atom stereocenters. The normalized spacial score (nSPS) is 16.7. The van der Waals surface area contributed by atoms with Gasteiger partial charge in [-0.2, -0.15) is 10.1 Å². The van der Waals surface area contributed by atoms with Gasteiger partial charge in [0.05, 0.1) is 30.6 Å². The Hall–Kier alpha value is -4.25. The van der Waals surface area contributed by atoms with Crippen molar-refractivity contribution < 1.29 is 25.2 Å². The summed E-state index contributed by atoms with van der Waals surface area (Å²) in [5.74, 6) is 6.17. The number of aryl methyl sites for hydroxylation is 2. The van der Waals surface area contributed by atoms with Crippen molar-refractivity contribution in [1.29, 1.82) is 0 Å². The van der Waals surface area contributed by atoms with Gasteiger partial charge in [-0.05, 0) is 31.6 Å². The van der Waals surface area contributed by atoms with Gasteiger partial charge >= 0.3 is 0 Å². The van der Waals surface area contributed by atoms with E-state index >= 15 is 0 Å². The molecule has 1 fully saturated rings. The van der Waals surface area contributed by atoms with Crippen LogP contribution in [0.3, 0.4) is 0 Å². The fourth-order valence-corrected chi connectivity index (χ4v) is 7.53. The van der Waals surface area contributed by atoms with Gasteiger partial charge in [-0.25, -0.2) is 4.68 Å². The molecule has 0 unspecified atom stereocenters. The molecular formula is C41H66N12O6. The minimum Gasteiger partial charge on any atom is -0.396 e. The molecule has 7 N–H and O–H groups in total. The topological polar surface area (TPSA) is 244 Å². The third-order valence-corrected chi connectivity index (χ3v) is 10.8. The predicted molar refractivity (Wildman–Crippen MR) is 222 cm³/mol. The highest BCUT2D eigenvalue weighted by Crippen LogP contribution is 2.30. The Kier molecular flexibility index (Phi) is 19.7. The number of aromatic amines is 1. The third-order valence-electron chi connectivity index (χ3n) is 10.8. The summed E-state index contributed by atoms with van der Waals surface area (Å²) < 4.78 is 11.0. The largest absolute Gasteiger partial charge is 0.396 e. The lowest BCUT2D eigenvalue weighted by Crippen LogP contribution is -2.24. The summed E-state index contributed by atoms with van der Waals surface area (Å²) in [5, 5.41) is 60.3. The smallest absolute Gasteiger partial charge is 0.264 e. The highest BCUT2D eigenvalue weighted by Gasteiger charge is 2.36. The average molecular weight is 823 g/mol. The van der Waals surface area contributed by atoms with E-state index in [1.807, 2.05) is 21.8 Å². The molecule has 59 heavy (non-hydrogen) atoms. The van der Waals surface area contributed by atoms with Crippen molar-refractivity contribution in [1.82, 2.24) is 54.6 Å². The van der Waals surface area contributed by atoms with Crippen molar-refractivity contribution in [2.75, 3.05) is 32.1 Å². The predicted octanol–water partition coefficient (Wildman–Crippen LogP) is 3.59. The van der Waals surface area contributed by atoms with E-state index < -0.39 is 24.0 Å². The van der Waals surface area contributed by atoms with Crippen molar-refractivity contribution >= 4 is 17.0 Å². The van der Waals surface area contributed by atoms with Gasteiger partial charge in [0.15, 0.2) is 17.6 Å². The molecule has 0 amide bonds. The summed E-state index contributed by atoms with van der Waals surface area (Å²) in [4.78, 5) is 22.0. The van der Waals surface area contributed by atoms with Crippen molar-refractivity contribution in [2.45, 2.75) is 167 Å². The Balaban J connectivity index is 1.20. The van der Waals surface area contributed by atoms with Gasteiger partial charge in [-0.1, -0.05) is 106 Å². The van der Waals surface area contributed by atoms with Crippen LogP contribution in [-0.4, -0.2) is 114 Å². The van der Waals surface area contributed by atoms with E-state index in [0.717, 1.165) is 75.8 Å². The molecule has 4 aromatic rings. The number of nitrogens with one attached hydrogen (secondary N) is 1. The van der Waals surface area contributed by atoms with Gasteiger partial charge in [0, 0.05) is 58.2 Å². The van der Waals surface area contributed by atoms with Crippen LogP contribution >= 0.6 is 0 Å². The Bertz CT molecular complexity index is 1850. The minimum atomic E-state index is -0.908. The summed E-state index contributed by atoms with van der Waals surface area (Å²) in [6, 6.07) is 0. The quantitative estimate of drug-likeness (QED) is 0.0339. The van der Waals surface area contributed by atoms with E-state index in [1.165, 1.54) is 68.9 Å². The molecule has 1 aliphatic rings. The fraction of sp³-hybridized carbons (Fsp3) is 0.732. The molecule has 18 nitrogen and oxygen atoms in total. The van der Waals surface area contributed by atoms with Crippen LogP contribution in [0, 0.1) is 11.8 Å². The molecule has 0 bridgehead atoms. The first-order valence-electron chi connectivity index (χ1n) is 21.8. The number of fused-ring (bicyclic) bond motifs is 1. The van der Waals surface area contributed by atoms with Crippen LogP contribution in [0.5, 0.6) is 0 Å². The van der Waals surface area contributed by atoms with Crippen molar-refractivity contribution in [2.24, 2.45) is 0 Å². The number of unbranched alkanes of at least 4 members (excludes halogenated alkanes) is 16. The average Bonchev–Trinajstić information content (AvgIpc) is 4.03. The lowest BCUT2D eigenvalue weighted by Gasteiger charge is -2.16. The standard InChI is InChI=1S/C41H66N12O6/c42-41-43-39-38(40(58)44-41)34(47-53(39)37-26-35(57)36(31-56)59-37)20-19-21-50(27-32-29-51(48-45-32)22-15-11-7-3-1-5-9-13-17-24-54)28-33-30-52(49-46-33)23-16-12-8-4-2-6-10-14-18-25-55/h29-30,35-37,54-57H,1-18,21-28,31H2,(H3,42,43,44,58)/t35-,36+,37+/m0/s1. The molecule has 326 valence electrons. The molecule has 0 spiro atoms. The van der Waals surface area contributed by atoms with Gasteiger partial charge in [0.2, 0.25) is 5.95 Å². The molecule has 5 rings (SSSR count). The van der Waals surface area contributed by atoms with Crippen LogP contribution in [-0.2, 0) is 30.9 Å². The number of rotatable bonds is 29. The number of nitrogen functional groups attached to an aromatic ring is 1. The van der Waals surface area contributed by atoms with Gasteiger partial charge < -0.3 is 30.9 Å². The van der Waals surface area contributed by atoms with E-state index in [-0.39, 0.29) is 48.9 Å². The number of aromatic nitrogens is 10. The van der Waals surface area contributed by atoms with Crippen molar-refractivity contribution in [3.8, 4) is 11.8 Å². The van der Waals surface area contributed by atoms with Crippen LogP contribution in [0.1, 0.15) is 145 Å². The number of nitrogens with zero attached hydrogens (tertiary/aromatic N) is 10. The van der Waals surface area contributed by atoms with Crippen molar-refractivity contribution in [3.63, 3.8) is 0 Å². The van der Waals surface area contributed by atoms with Crippen molar-refractivity contribution in [3.05, 3.63) is 39.8 Å². The highest BCUT2D eigenvalue weighted by atomic mass is 16.5. The molecule has 0 aliphatic carbocycles. The van der Waals surface area contributed by atoms with E-state index in [1.54, 1.807) is 0 Å². The van der Waals surface area contributed by atoms with Gasteiger partial charge in [0.25, 0.3) is 5.56 Å². The zero-order chi connectivity index (χ0) is 41.7. The molecule has 18 heteroatoms. The first kappa shape index (κ1) is 45.8. The third kappa shape index (κ3) is 15.1. The summed E-state index contributed by atoms with van der Waals surface area (Å²) in [6.45, 7) is 3.02. The van der Waals surface area contributed by atoms with Gasteiger partial charge in [-0.15, -0.1) is 10.2 Å². The molecule has 5 heterocycles. The maximum atomic E-state index is 13.1. The highest BCUT2D eigenvalue weighted by molar-refractivity contribution is 5.81. The Morgan fingerprint density at radius 2 is 1.29 bits per heavy atom. The van der Waals surface area contributed by atoms with Crippen LogP contribution < -0.4 is 11.3 Å². The number of aliphatic hydroxyl groups excluding tert-OH is 4. The lowest BCUT2D eigenvalue weighted by molar-refractivity contribution is -0.0470. The molecular weight excluding hydrogens is 757 g/mol. The number of H-pyrrole nitrogens is 1. The molecule has 1 saturated heterocycles. The molecule has 4 aromatic heterocycles. The Labute approximate surface area is 346 Å². The van der Waals surface area contributed by atoms with E-state index in [9.17, 15) is 15.0 Å². The number of ether oxygens (including phenoxy) is 1. The number of hydrogen-bond donors (Lipinski definition) is 6. The number of hydrogen-bond acceptors (Lipinski definition) is 14. The Morgan fingerprint density at radius 3 is 1.78 bits per heavy atom. The molecule has 0 saturated carbocycles. The fourth-order valence-electron chi connectivity index (χ4n) is 7.53. The molecule has 0 radical (unpaired) electrons. The van der Waals surface area contributed by atoms with Gasteiger partial charge in [-0.3, -0.25) is 24.0 Å². The second-order valence-electron chi connectivity index (χ2n) is 15.8. The van der Waals surface area contributed by atoms with Gasteiger partial charge in [0.1, 0.15) is 11.5 Å². The minimum absolute atomic E-state index is 0.0878. The van der Waals surface area contributed by atoms with Crippen LogP contribution in [0.4, 0.5) is 5.95 Å². The summed E-state index contributed by atoms with van der Waals surface area (Å²) in [5.41, 5.74) is 7.38. The molecule has 0 aromatic carbocycles. The maximum Gasteiger partial charge on any atom is 0.264 e. The van der Waals surface area contributed by atoms with Crippen LogP contribution in [0.2, 0.25) is 0 Å². The summed E-state index contributed by atoms with van der Waals surface area (Å²) in [6.07, 6.45) is 22.2. The van der Waals surface area contributed by atoms with E-state index in [4.69, 9.17) is 20.7 Å². The molecule has 1 aliphatic heterocycles. The number of aliphatic hydroxyl groups is 4. The summed E-state index contributed by atoms with van der Waals surface area (Å²) in [7, 11) is 0. The second-order valence-corrected chi connectivity index (χ2v) is 15.8. The van der Waals surface area contributed by atoms with Crippen LogP contribution in [0.15, 0.2) is 17.2 Å². The SMILES string of the molecule is Nc1nc2c(c(C#CCN(Cc3cn(CCCCCCCCCCCO)nn3)Cc3cn(CCCCCCCCCCCO)nn3)nn2[C@H]2C[C@H](O)[C@@H](CO)O2)c(=O)[nH]1. The van der Waals surface area contributed by atoms with E-state index in [0.29, 0.717) is 19.6 Å². The summed E-state index contributed by atoms with van der Waals surface area (Å²) >= 11 is 0.